The van der Waals surface area contributed by atoms with Crippen LogP contribution in [0.5, 0.6) is 0 Å². The van der Waals surface area contributed by atoms with Gasteiger partial charge in [-0.1, -0.05) is 90.9 Å². The molecule has 138 valence electrons. The summed E-state index contributed by atoms with van der Waals surface area (Å²) in [4.78, 5) is 11.0. The zero-order valence-electron chi connectivity index (χ0n) is 15.9. The molecule has 3 nitrogen and oxygen atoms in total. The van der Waals surface area contributed by atoms with Crippen molar-refractivity contribution < 1.29 is 9.90 Å². The molecule has 3 heteroatoms. The molecule has 0 heterocycles. The Morgan fingerprint density at radius 1 is 0.826 bits per heavy atom. The van der Waals surface area contributed by atoms with E-state index in [1.165, 1.54) is 77.0 Å². The molecule has 0 aliphatic rings. The Bertz CT molecular complexity index is 268. The summed E-state index contributed by atoms with van der Waals surface area (Å²) in [6.45, 7) is 6.29. The SMILES string of the molecule is CCCCCCCCCCCCCC[C@@H](C)NC(CC)C(=O)O. The number of unbranched alkanes of at least 4 members (excludes halogenated alkanes) is 11. The first-order valence-electron chi connectivity index (χ1n) is 10.1. The molecule has 0 aliphatic heterocycles. The van der Waals surface area contributed by atoms with Crippen molar-refractivity contribution in [1.29, 1.82) is 0 Å². The third-order valence-corrected chi connectivity index (χ3v) is 4.68. The fraction of sp³-hybridized carbons (Fsp3) is 0.950. The third kappa shape index (κ3) is 14.7. The van der Waals surface area contributed by atoms with Crippen molar-refractivity contribution in [3.63, 3.8) is 0 Å². The lowest BCUT2D eigenvalue weighted by Crippen LogP contribution is -2.41. The molecule has 0 aromatic rings. The van der Waals surface area contributed by atoms with Crippen LogP contribution in [0.3, 0.4) is 0 Å². The van der Waals surface area contributed by atoms with E-state index in [-0.39, 0.29) is 6.04 Å². The van der Waals surface area contributed by atoms with Crippen LogP contribution in [0.2, 0.25) is 0 Å². The summed E-state index contributed by atoms with van der Waals surface area (Å²) in [5.74, 6) is -0.728. The summed E-state index contributed by atoms with van der Waals surface area (Å²) in [5.41, 5.74) is 0. The molecular formula is C20H41NO2. The summed E-state index contributed by atoms with van der Waals surface area (Å²) in [6, 6.07) is -0.0819. The van der Waals surface area contributed by atoms with Crippen molar-refractivity contribution >= 4 is 5.97 Å². The van der Waals surface area contributed by atoms with Crippen molar-refractivity contribution in [2.75, 3.05) is 0 Å². The van der Waals surface area contributed by atoms with E-state index in [0.717, 1.165) is 6.42 Å². The number of carbonyl (C=O) groups is 1. The second-order valence-corrected chi connectivity index (χ2v) is 7.04. The number of nitrogens with one attached hydrogen (secondary N) is 1. The molecule has 0 radical (unpaired) electrons. The molecule has 23 heavy (non-hydrogen) atoms. The lowest BCUT2D eigenvalue weighted by Gasteiger charge is -2.18. The van der Waals surface area contributed by atoms with Gasteiger partial charge in [0.25, 0.3) is 0 Å². The first kappa shape index (κ1) is 22.4. The second-order valence-electron chi connectivity index (χ2n) is 7.04. The van der Waals surface area contributed by atoms with Crippen LogP contribution in [0, 0.1) is 0 Å². The van der Waals surface area contributed by atoms with E-state index in [2.05, 4.69) is 19.2 Å². The third-order valence-electron chi connectivity index (χ3n) is 4.68. The van der Waals surface area contributed by atoms with Crippen molar-refractivity contribution in [1.82, 2.24) is 5.32 Å². The van der Waals surface area contributed by atoms with Gasteiger partial charge in [-0.25, -0.2) is 0 Å². The quantitative estimate of drug-likeness (QED) is 0.326. The molecule has 0 amide bonds. The van der Waals surface area contributed by atoms with E-state index < -0.39 is 5.97 Å². The van der Waals surface area contributed by atoms with Gasteiger partial charge in [0, 0.05) is 6.04 Å². The first-order valence-corrected chi connectivity index (χ1v) is 10.1. The number of carboxylic acid groups (broad SMARTS) is 1. The van der Waals surface area contributed by atoms with Crippen molar-refractivity contribution in [2.45, 2.75) is 123 Å². The van der Waals surface area contributed by atoms with Crippen LogP contribution in [0.4, 0.5) is 0 Å². The van der Waals surface area contributed by atoms with Gasteiger partial charge >= 0.3 is 5.97 Å². The van der Waals surface area contributed by atoms with Crippen LogP contribution in [-0.2, 0) is 4.79 Å². The van der Waals surface area contributed by atoms with Crippen LogP contribution >= 0.6 is 0 Å². The van der Waals surface area contributed by atoms with Crippen LogP contribution in [0.15, 0.2) is 0 Å². The van der Waals surface area contributed by atoms with Gasteiger partial charge in [-0.3, -0.25) is 4.79 Å². The topological polar surface area (TPSA) is 49.3 Å². The Morgan fingerprint density at radius 3 is 1.65 bits per heavy atom. The fourth-order valence-corrected chi connectivity index (χ4v) is 3.08. The highest BCUT2D eigenvalue weighted by molar-refractivity contribution is 5.73. The van der Waals surface area contributed by atoms with Crippen LogP contribution < -0.4 is 5.32 Å². The van der Waals surface area contributed by atoms with E-state index >= 15 is 0 Å². The highest BCUT2D eigenvalue weighted by Crippen LogP contribution is 2.13. The van der Waals surface area contributed by atoms with E-state index in [1.807, 2.05) is 6.92 Å². The highest BCUT2D eigenvalue weighted by Gasteiger charge is 2.16. The van der Waals surface area contributed by atoms with Gasteiger partial charge in [0.2, 0.25) is 0 Å². The molecule has 2 N–H and O–H groups in total. The average Bonchev–Trinajstić information content (AvgIpc) is 2.53. The number of aliphatic carboxylic acids is 1. The first-order chi connectivity index (χ1) is 11.1. The Labute approximate surface area is 144 Å². The largest absolute Gasteiger partial charge is 0.480 e. The maximum atomic E-state index is 11.0. The molecule has 0 spiro atoms. The summed E-state index contributed by atoms with van der Waals surface area (Å²) < 4.78 is 0. The predicted octanol–water partition coefficient (Wildman–Crippen LogP) is 5.92. The van der Waals surface area contributed by atoms with Gasteiger partial charge in [0.1, 0.15) is 6.04 Å². The Balaban J connectivity index is 3.31. The molecule has 0 aromatic carbocycles. The van der Waals surface area contributed by atoms with Crippen LogP contribution in [0.25, 0.3) is 0 Å². The van der Waals surface area contributed by atoms with Gasteiger partial charge in [-0.2, -0.15) is 0 Å². The number of rotatable bonds is 17. The smallest absolute Gasteiger partial charge is 0.320 e. The van der Waals surface area contributed by atoms with E-state index in [0.29, 0.717) is 12.5 Å². The summed E-state index contributed by atoms with van der Waals surface area (Å²) in [5, 5.41) is 12.2. The second kappa shape index (κ2) is 16.3. The molecule has 2 atom stereocenters. The van der Waals surface area contributed by atoms with E-state index in [9.17, 15) is 4.79 Å². The van der Waals surface area contributed by atoms with Gasteiger partial charge in [0.05, 0.1) is 0 Å². The zero-order valence-corrected chi connectivity index (χ0v) is 15.9. The fourth-order valence-electron chi connectivity index (χ4n) is 3.08. The Morgan fingerprint density at radius 2 is 1.26 bits per heavy atom. The van der Waals surface area contributed by atoms with Gasteiger partial charge in [-0.05, 0) is 19.8 Å². The average molecular weight is 328 g/mol. The Hall–Kier alpha value is -0.570. The predicted molar refractivity (Wildman–Crippen MR) is 100 cm³/mol. The van der Waals surface area contributed by atoms with E-state index in [1.54, 1.807) is 0 Å². The zero-order chi connectivity index (χ0) is 17.3. The maximum absolute atomic E-state index is 11.0. The van der Waals surface area contributed by atoms with Crippen molar-refractivity contribution in [2.24, 2.45) is 0 Å². The van der Waals surface area contributed by atoms with Crippen molar-refractivity contribution in [3.05, 3.63) is 0 Å². The minimum absolute atomic E-state index is 0.305. The molecule has 0 bridgehead atoms. The number of hydrogen-bond donors (Lipinski definition) is 2. The number of carboxylic acids is 1. The number of hydrogen-bond acceptors (Lipinski definition) is 2. The van der Waals surface area contributed by atoms with Gasteiger partial charge < -0.3 is 10.4 Å². The molecule has 0 aliphatic carbocycles. The molecule has 0 saturated heterocycles. The summed E-state index contributed by atoms with van der Waals surface area (Å²) >= 11 is 0. The Kier molecular flexibility index (Phi) is 15.9. The molecule has 1 unspecified atom stereocenters. The summed E-state index contributed by atoms with van der Waals surface area (Å²) in [7, 11) is 0. The summed E-state index contributed by atoms with van der Waals surface area (Å²) in [6.07, 6.45) is 18.1. The van der Waals surface area contributed by atoms with E-state index in [4.69, 9.17) is 5.11 Å². The monoisotopic (exact) mass is 327 g/mol. The van der Waals surface area contributed by atoms with Crippen LogP contribution in [0.1, 0.15) is 111 Å². The minimum Gasteiger partial charge on any atom is -0.480 e. The van der Waals surface area contributed by atoms with Crippen LogP contribution in [-0.4, -0.2) is 23.2 Å². The van der Waals surface area contributed by atoms with Gasteiger partial charge in [-0.15, -0.1) is 0 Å². The highest BCUT2D eigenvalue weighted by atomic mass is 16.4. The molecule has 0 fully saturated rings. The molecule has 0 saturated carbocycles. The molecular weight excluding hydrogens is 286 g/mol. The normalized spacial score (nSPS) is 13.9. The lowest BCUT2D eigenvalue weighted by atomic mass is 10.0. The lowest BCUT2D eigenvalue weighted by molar-refractivity contribution is -0.139. The molecule has 0 rings (SSSR count). The van der Waals surface area contributed by atoms with Crippen molar-refractivity contribution in [3.8, 4) is 0 Å². The maximum Gasteiger partial charge on any atom is 0.320 e. The standard InChI is InChI=1S/C20H41NO2/c1-4-6-7-8-9-10-11-12-13-14-15-16-17-18(3)21-19(5-2)20(22)23/h18-19,21H,4-17H2,1-3H3,(H,22,23)/t18-,19?/m1/s1. The minimum atomic E-state index is -0.728. The molecule has 0 aromatic heterocycles. The van der Waals surface area contributed by atoms with Gasteiger partial charge in [0.15, 0.2) is 0 Å².